The third kappa shape index (κ3) is 5.37. The van der Waals surface area contributed by atoms with Gasteiger partial charge in [0.1, 0.15) is 11.5 Å². The van der Waals surface area contributed by atoms with Crippen LogP contribution in [0.3, 0.4) is 0 Å². The van der Waals surface area contributed by atoms with Crippen molar-refractivity contribution in [2.75, 3.05) is 0 Å². The zero-order chi connectivity index (χ0) is 23.1. The predicted octanol–water partition coefficient (Wildman–Crippen LogP) is 3.41. The van der Waals surface area contributed by atoms with Gasteiger partial charge < -0.3 is 10.2 Å². The number of phenols is 2. The molecule has 4 N–H and O–H groups in total. The Morgan fingerprint density at radius 1 is 0.625 bits per heavy atom. The van der Waals surface area contributed by atoms with E-state index in [2.05, 4.69) is 21.1 Å². The number of phenolic OH excluding ortho intramolecular Hbond substituents is 2. The average Bonchev–Trinajstić information content (AvgIpc) is 2.81. The number of rotatable bonds is 6. The summed E-state index contributed by atoms with van der Waals surface area (Å²) < 4.78 is 0. The van der Waals surface area contributed by atoms with E-state index in [9.17, 15) is 19.8 Å². The summed E-state index contributed by atoms with van der Waals surface area (Å²) in [5.74, 6) is -0.780. The second-order valence-corrected chi connectivity index (χ2v) is 6.89. The third-order valence-corrected chi connectivity index (χ3v) is 4.65. The number of amides is 2. The van der Waals surface area contributed by atoms with Crippen LogP contribution in [0.1, 0.15) is 45.7 Å². The van der Waals surface area contributed by atoms with Crippen molar-refractivity contribution in [2.24, 2.45) is 10.2 Å². The van der Waals surface area contributed by atoms with E-state index in [1.54, 1.807) is 50.2 Å². The van der Waals surface area contributed by atoms with E-state index in [0.717, 1.165) is 0 Å². The Labute approximate surface area is 184 Å². The Morgan fingerprint density at radius 3 is 1.31 bits per heavy atom. The number of carbonyl (C=O) groups is 2. The number of aromatic hydroxyl groups is 2. The van der Waals surface area contributed by atoms with Gasteiger partial charge in [0.25, 0.3) is 11.8 Å². The van der Waals surface area contributed by atoms with Crippen molar-refractivity contribution in [1.82, 2.24) is 10.9 Å². The zero-order valence-corrected chi connectivity index (χ0v) is 17.5. The minimum Gasteiger partial charge on any atom is -0.507 e. The van der Waals surface area contributed by atoms with E-state index in [1.165, 1.54) is 36.4 Å². The molecule has 0 bridgehead atoms. The summed E-state index contributed by atoms with van der Waals surface area (Å²) in [4.78, 5) is 24.6. The van der Waals surface area contributed by atoms with Crippen LogP contribution in [-0.2, 0) is 0 Å². The van der Waals surface area contributed by atoms with E-state index in [1.807, 2.05) is 0 Å². The van der Waals surface area contributed by atoms with Gasteiger partial charge in [0.2, 0.25) is 0 Å². The highest BCUT2D eigenvalue weighted by molar-refractivity contribution is 6.04. The highest BCUT2D eigenvalue weighted by atomic mass is 16.3. The number of nitrogens with zero attached hydrogens (tertiary/aromatic N) is 2. The van der Waals surface area contributed by atoms with Crippen LogP contribution in [0.25, 0.3) is 0 Å². The molecule has 0 unspecified atom stereocenters. The molecule has 3 aromatic rings. The molecule has 0 aliphatic carbocycles. The van der Waals surface area contributed by atoms with Gasteiger partial charge in [-0.05, 0) is 62.4 Å². The predicted molar refractivity (Wildman–Crippen MR) is 122 cm³/mol. The minimum absolute atomic E-state index is 0.0683. The zero-order valence-electron chi connectivity index (χ0n) is 17.5. The van der Waals surface area contributed by atoms with Crippen molar-refractivity contribution in [2.45, 2.75) is 13.8 Å². The van der Waals surface area contributed by atoms with Gasteiger partial charge in [0.15, 0.2) is 0 Å². The van der Waals surface area contributed by atoms with Crippen LogP contribution in [-0.4, -0.2) is 33.5 Å². The molecular weight excluding hydrogens is 408 g/mol. The molecule has 0 saturated carbocycles. The summed E-state index contributed by atoms with van der Waals surface area (Å²) in [5, 5.41) is 27.7. The van der Waals surface area contributed by atoms with Crippen LogP contribution < -0.4 is 10.9 Å². The lowest BCUT2D eigenvalue weighted by molar-refractivity contribution is 0.0943. The number of benzene rings is 3. The molecule has 3 rings (SSSR count). The molecule has 0 fully saturated rings. The Balaban J connectivity index is 1.63. The summed E-state index contributed by atoms with van der Waals surface area (Å²) in [6, 6.07) is 19.3. The van der Waals surface area contributed by atoms with E-state index in [-0.39, 0.29) is 11.5 Å². The Kier molecular flexibility index (Phi) is 6.97. The topological polar surface area (TPSA) is 123 Å². The third-order valence-electron chi connectivity index (χ3n) is 4.65. The number of carbonyl (C=O) groups excluding carboxylic acids is 2. The molecule has 0 aliphatic rings. The fourth-order valence-corrected chi connectivity index (χ4v) is 2.85. The van der Waals surface area contributed by atoms with Gasteiger partial charge in [0.05, 0.1) is 11.4 Å². The van der Waals surface area contributed by atoms with E-state index in [4.69, 9.17) is 0 Å². The van der Waals surface area contributed by atoms with Crippen molar-refractivity contribution >= 4 is 23.2 Å². The lowest BCUT2D eigenvalue weighted by Crippen LogP contribution is -2.21. The van der Waals surface area contributed by atoms with Gasteiger partial charge in [-0.1, -0.05) is 24.3 Å². The van der Waals surface area contributed by atoms with Gasteiger partial charge in [-0.15, -0.1) is 0 Å². The average molecular weight is 430 g/mol. The monoisotopic (exact) mass is 430 g/mol. The molecule has 0 spiro atoms. The van der Waals surface area contributed by atoms with Crippen LogP contribution in [0.15, 0.2) is 83.0 Å². The maximum absolute atomic E-state index is 12.3. The molecule has 32 heavy (non-hydrogen) atoms. The number of nitrogens with one attached hydrogen (secondary N) is 2. The van der Waals surface area contributed by atoms with Crippen molar-refractivity contribution in [1.29, 1.82) is 0 Å². The van der Waals surface area contributed by atoms with Gasteiger partial charge in [-0.25, -0.2) is 10.9 Å². The molecule has 162 valence electrons. The minimum atomic E-state index is -0.458. The van der Waals surface area contributed by atoms with Crippen LogP contribution in [0.4, 0.5) is 0 Å². The fraction of sp³-hybridized carbons (Fsp3) is 0.0833. The van der Waals surface area contributed by atoms with Crippen molar-refractivity contribution < 1.29 is 19.8 Å². The molecule has 2 amide bonds. The Bertz CT molecular complexity index is 1110. The lowest BCUT2D eigenvalue weighted by atomic mass is 10.1. The summed E-state index contributed by atoms with van der Waals surface area (Å²) in [6.45, 7) is 3.33. The van der Waals surface area contributed by atoms with Gasteiger partial charge >= 0.3 is 0 Å². The molecule has 8 heteroatoms. The molecule has 0 heterocycles. The summed E-state index contributed by atoms with van der Waals surface area (Å²) in [7, 11) is 0. The highest BCUT2D eigenvalue weighted by Gasteiger charge is 2.10. The summed E-state index contributed by atoms with van der Waals surface area (Å²) in [5.41, 5.74) is 7.40. The Morgan fingerprint density at radius 2 is 0.969 bits per heavy atom. The molecule has 8 nitrogen and oxygen atoms in total. The van der Waals surface area contributed by atoms with E-state index < -0.39 is 11.8 Å². The van der Waals surface area contributed by atoms with Gasteiger partial charge in [0, 0.05) is 22.3 Å². The SMILES string of the molecule is CC(=NNC(=O)c1ccc(C(=O)NN=C(C)c2ccccc2O)cc1)c1ccccc1O. The second kappa shape index (κ2) is 10.0. The van der Waals surface area contributed by atoms with Crippen LogP contribution in [0.2, 0.25) is 0 Å². The molecular formula is C24H22N4O4. The summed E-state index contributed by atoms with van der Waals surface area (Å²) in [6.07, 6.45) is 0. The van der Waals surface area contributed by atoms with Crippen LogP contribution in [0.5, 0.6) is 11.5 Å². The summed E-state index contributed by atoms with van der Waals surface area (Å²) >= 11 is 0. The van der Waals surface area contributed by atoms with Gasteiger partial charge in [-0.3, -0.25) is 9.59 Å². The molecule has 0 aliphatic heterocycles. The highest BCUT2D eigenvalue weighted by Crippen LogP contribution is 2.17. The molecule has 0 saturated heterocycles. The Hall–Kier alpha value is -4.46. The quantitative estimate of drug-likeness (QED) is 0.353. The second-order valence-electron chi connectivity index (χ2n) is 6.89. The van der Waals surface area contributed by atoms with Crippen LogP contribution in [0, 0.1) is 0 Å². The largest absolute Gasteiger partial charge is 0.507 e. The number of para-hydroxylation sites is 2. The first-order valence-corrected chi connectivity index (χ1v) is 9.73. The smallest absolute Gasteiger partial charge is 0.271 e. The fourth-order valence-electron chi connectivity index (χ4n) is 2.85. The normalized spacial score (nSPS) is 11.7. The van der Waals surface area contributed by atoms with Crippen molar-refractivity contribution in [3.05, 3.63) is 95.1 Å². The molecule has 3 aromatic carbocycles. The number of hydrogen-bond donors (Lipinski definition) is 4. The molecule has 0 radical (unpaired) electrons. The maximum Gasteiger partial charge on any atom is 0.271 e. The maximum atomic E-state index is 12.3. The van der Waals surface area contributed by atoms with E-state index >= 15 is 0 Å². The number of hydrazone groups is 2. The first kappa shape index (κ1) is 22.2. The molecule has 0 aromatic heterocycles. The first-order chi connectivity index (χ1) is 15.4. The first-order valence-electron chi connectivity index (χ1n) is 9.73. The van der Waals surface area contributed by atoms with Crippen molar-refractivity contribution in [3.63, 3.8) is 0 Å². The van der Waals surface area contributed by atoms with Crippen LogP contribution >= 0.6 is 0 Å². The van der Waals surface area contributed by atoms with Crippen molar-refractivity contribution in [3.8, 4) is 11.5 Å². The van der Waals surface area contributed by atoms with Gasteiger partial charge in [-0.2, -0.15) is 10.2 Å². The molecule has 0 atom stereocenters. The number of hydrogen-bond acceptors (Lipinski definition) is 6. The van der Waals surface area contributed by atoms with E-state index in [0.29, 0.717) is 33.7 Å². The lowest BCUT2D eigenvalue weighted by Gasteiger charge is -2.06. The standard InChI is InChI=1S/C24H22N4O4/c1-15(19-7-3-5-9-21(19)29)25-27-23(31)17-11-13-18(14-12-17)24(32)28-26-16(2)20-8-4-6-10-22(20)30/h3-14,29-30H,1-2H3,(H,27,31)(H,28,32).